The zero-order chi connectivity index (χ0) is 15.7. The molecule has 2 amide bonds. The molecule has 6 heteroatoms. The molecule has 3 rings (SSSR count). The highest BCUT2D eigenvalue weighted by molar-refractivity contribution is 9.10. The van der Waals surface area contributed by atoms with E-state index in [0.717, 1.165) is 23.0 Å². The smallest absolute Gasteiger partial charge is 0.317 e. The number of hydrogen-bond donors (Lipinski definition) is 1. The lowest BCUT2D eigenvalue weighted by molar-refractivity contribution is -0.113. The van der Waals surface area contributed by atoms with Crippen LogP contribution in [0.3, 0.4) is 0 Å². The van der Waals surface area contributed by atoms with Gasteiger partial charge in [0.05, 0.1) is 12.6 Å². The summed E-state index contributed by atoms with van der Waals surface area (Å²) in [5, 5.41) is 4.90. The van der Waals surface area contributed by atoms with Crippen molar-refractivity contribution < 1.29 is 9.63 Å². The van der Waals surface area contributed by atoms with E-state index in [0.29, 0.717) is 25.1 Å². The Labute approximate surface area is 139 Å². The van der Waals surface area contributed by atoms with Gasteiger partial charge in [-0.25, -0.2) is 4.79 Å². The fourth-order valence-electron chi connectivity index (χ4n) is 3.49. The third-order valence-electron chi connectivity index (χ3n) is 4.63. The first-order valence-electron chi connectivity index (χ1n) is 7.76. The molecular formula is C16H22BrN3O2. The second kappa shape index (κ2) is 6.56. The minimum atomic E-state index is 0.0104. The quantitative estimate of drug-likeness (QED) is 0.873. The van der Waals surface area contributed by atoms with Gasteiger partial charge in [-0.1, -0.05) is 34.1 Å². The Balaban J connectivity index is 1.91. The highest BCUT2D eigenvalue weighted by atomic mass is 79.9. The normalized spacial score (nSPS) is 28.5. The van der Waals surface area contributed by atoms with Crippen molar-refractivity contribution >= 4 is 22.0 Å². The zero-order valence-corrected chi connectivity index (χ0v) is 14.5. The molecule has 1 aromatic carbocycles. The standard InChI is InChI=1S/C16H22BrN3O2/c1-3-18-16(21)20-9-11-10-22-19(2)14(11)8-15(20)12-6-4-5-7-13(12)17/h4-7,11,14-15H,3,8-10H2,1-2H3,(H,18,21)/t11-,14-,15-/m0/s1. The molecule has 0 radical (unpaired) electrons. The van der Waals surface area contributed by atoms with Crippen LogP contribution in [0.2, 0.25) is 0 Å². The Morgan fingerprint density at radius 3 is 2.95 bits per heavy atom. The molecule has 22 heavy (non-hydrogen) atoms. The van der Waals surface area contributed by atoms with Crippen molar-refractivity contribution in [2.75, 3.05) is 26.7 Å². The lowest BCUT2D eigenvalue weighted by atomic mass is 9.86. The Kier molecular flexibility index (Phi) is 4.70. The van der Waals surface area contributed by atoms with Gasteiger partial charge in [0.15, 0.2) is 0 Å². The number of benzene rings is 1. The summed E-state index contributed by atoms with van der Waals surface area (Å²) in [4.78, 5) is 20.1. The lowest BCUT2D eigenvalue weighted by Crippen LogP contribution is -2.52. The van der Waals surface area contributed by atoms with Crippen molar-refractivity contribution in [2.24, 2.45) is 5.92 Å². The molecule has 1 N–H and O–H groups in total. The number of carbonyl (C=O) groups is 1. The number of fused-ring (bicyclic) bond motifs is 1. The number of hydroxylamine groups is 2. The molecule has 2 aliphatic heterocycles. The summed E-state index contributed by atoms with van der Waals surface area (Å²) in [6.45, 7) is 4.01. The molecule has 0 spiro atoms. The lowest BCUT2D eigenvalue weighted by Gasteiger charge is -2.42. The van der Waals surface area contributed by atoms with E-state index in [9.17, 15) is 4.79 Å². The molecule has 2 fully saturated rings. The number of carbonyl (C=O) groups excluding carboxylic acids is 1. The van der Waals surface area contributed by atoms with Crippen molar-refractivity contribution in [3.8, 4) is 0 Å². The molecule has 5 nitrogen and oxygen atoms in total. The zero-order valence-electron chi connectivity index (χ0n) is 13.0. The predicted octanol–water partition coefficient (Wildman–Crippen LogP) is 2.79. The first kappa shape index (κ1) is 15.8. The maximum atomic E-state index is 12.5. The second-order valence-electron chi connectivity index (χ2n) is 5.93. The van der Waals surface area contributed by atoms with Gasteiger partial charge in [0.2, 0.25) is 0 Å². The van der Waals surface area contributed by atoms with E-state index in [1.54, 1.807) is 0 Å². The van der Waals surface area contributed by atoms with Crippen LogP contribution >= 0.6 is 15.9 Å². The summed E-state index contributed by atoms with van der Waals surface area (Å²) in [6.07, 6.45) is 0.890. The van der Waals surface area contributed by atoms with Crippen molar-refractivity contribution in [2.45, 2.75) is 25.4 Å². The van der Waals surface area contributed by atoms with Crippen LogP contribution in [-0.2, 0) is 4.84 Å². The van der Waals surface area contributed by atoms with E-state index < -0.39 is 0 Å². The third kappa shape index (κ3) is 2.87. The second-order valence-corrected chi connectivity index (χ2v) is 6.78. The fourth-order valence-corrected chi connectivity index (χ4v) is 4.03. The molecule has 120 valence electrons. The number of nitrogens with one attached hydrogen (secondary N) is 1. The molecule has 1 aromatic rings. The monoisotopic (exact) mass is 367 g/mol. The first-order valence-corrected chi connectivity index (χ1v) is 8.55. The number of amides is 2. The van der Waals surface area contributed by atoms with Gasteiger partial charge in [-0.15, -0.1) is 0 Å². The number of nitrogens with zero attached hydrogens (tertiary/aromatic N) is 2. The van der Waals surface area contributed by atoms with Gasteiger partial charge in [0, 0.05) is 36.6 Å². The molecule has 0 bridgehead atoms. The highest BCUT2D eigenvalue weighted by Crippen LogP contribution is 2.40. The van der Waals surface area contributed by atoms with E-state index >= 15 is 0 Å². The van der Waals surface area contributed by atoms with Gasteiger partial charge >= 0.3 is 6.03 Å². The van der Waals surface area contributed by atoms with E-state index in [-0.39, 0.29) is 12.1 Å². The molecule has 0 aromatic heterocycles. The van der Waals surface area contributed by atoms with Crippen LogP contribution in [0.5, 0.6) is 0 Å². The number of piperidine rings is 1. The van der Waals surface area contributed by atoms with Gasteiger partial charge in [-0.3, -0.25) is 4.84 Å². The Bertz CT molecular complexity index is 554. The molecule has 0 aliphatic carbocycles. The molecule has 2 saturated heterocycles. The predicted molar refractivity (Wildman–Crippen MR) is 88.3 cm³/mol. The minimum Gasteiger partial charge on any atom is -0.338 e. The Morgan fingerprint density at radius 1 is 1.45 bits per heavy atom. The molecule has 2 heterocycles. The van der Waals surface area contributed by atoms with Crippen molar-refractivity contribution in [3.05, 3.63) is 34.3 Å². The van der Waals surface area contributed by atoms with Crippen LogP contribution in [0.4, 0.5) is 4.79 Å². The van der Waals surface area contributed by atoms with Crippen molar-refractivity contribution in [1.29, 1.82) is 0 Å². The van der Waals surface area contributed by atoms with Crippen molar-refractivity contribution in [1.82, 2.24) is 15.3 Å². The molecule has 2 aliphatic rings. The number of urea groups is 1. The van der Waals surface area contributed by atoms with E-state index in [2.05, 4.69) is 27.3 Å². The van der Waals surface area contributed by atoms with Gasteiger partial charge in [0.1, 0.15) is 0 Å². The van der Waals surface area contributed by atoms with Gasteiger partial charge in [-0.2, -0.15) is 5.06 Å². The van der Waals surface area contributed by atoms with E-state index in [4.69, 9.17) is 4.84 Å². The topological polar surface area (TPSA) is 44.8 Å². The fraction of sp³-hybridized carbons (Fsp3) is 0.562. The summed E-state index contributed by atoms with van der Waals surface area (Å²) >= 11 is 3.63. The minimum absolute atomic E-state index is 0.0104. The SMILES string of the molecule is CCNC(=O)N1C[C@H]2CON(C)[C@H]2C[C@H]1c1ccccc1Br. The summed E-state index contributed by atoms with van der Waals surface area (Å²) in [5.74, 6) is 0.381. The van der Waals surface area contributed by atoms with Crippen LogP contribution in [-0.4, -0.2) is 48.8 Å². The average molecular weight is 368 g/mol. The maximum absolute atomic E-state index is 12.5. The molecule has 0 saturated carbocycles. The molecule has 0 unspecified atom stereocenters. The van der Waals surface area contributed by atoms with Crippen LogP contribution in [0, 0.1) is 5.92 Å². The van der Waals surface area contributed by atoms with Gasteiger partial charge in [0.25, 0.3) is 0 Å². The van der Waals surface area contributed by atoms with Crippen LogP contribution in [0.25, 0.3) is 0 Å². The summed E-state index contributed by atoms with van der Waals surface area (Å²) < 4.78 is 1.05. The third-order valence-corrected chi connectivity index (χ3v) is 5.35. The molecular weight excluding hydrogens is 346 g/mol. The van der Waals surface area contributed by atoms with Crippen LogP contribution in [0.15, 0.2) is 28.7 Å². The number of hydrogen-bond acceptors (Lipinski definition) is 3. The summed E-state index contributed by atoms with van der Waals surface area (Å²) in [7, 11) is 1.99. The number of rotatable bonds is 2. The largest absolute Gasteiger partial charge is 0.338 e. The summed E-state index contributed by atoms with van der Waals surface area (Å²) in [6, 6.07) is 8.59. The Hall–Kier alpha value is -1.11. The number of likely N-dealkylation sites (tertiary alicyclic amines) is 1. The highest BCUT2D eigenvalue weighted by Gasteiger charge is 2.44. The Morgan fingerprint density at radius 2 is 2.23 bits per heavy atom. The maximum Gasteiger partial charge on any atom is 0.317 e. The van der Waals surface area contributed by atoms with Crippen molar-refractivity contribution in [3.63, 3.8) is 0 Å². The first-order chi connectivity index (χ1) is 10.6. The van der Waals surface area contributed by atoms with E-state index in [1.165, 1.54) is 0 Å². The van der Waals surface area contributed by atoms with Crippen LogP contribution in [0.1, 0.15) is 24.9 Å². The van der Waals surface area contributed by atoms with Crippen LogP contribution < -0.4 is 5.32 Å². The number of halogens is 1. The van der Waals surface area contributed by atoms with Gasteiger partial charge < -0.3 is 10.2 Å². The molecule has 3 atom stereocenters. The van der Waals surface area contributed by atoms with Gasteiger partial charge in [-0.05, 0) is 25.0 Å². The summed E-state index contributed by atoms with van der Waals surface area (Å²) in [5.41, 5.74) is 1.16. The van der Waals surface area contributed by atoms with E-state index in [1.807, 2.05) is 42.1 Å². The average Bonchev–Trinajstić information content (AvgIpc) is 2.88.